The predicted octanol–water partition coefficient (Wildman–Crippen LogP) is 1.72. The average Bonchev–Trinajstić information content (AvgIpc) is 2.38. The fourth-order valence-electron chi connectivity index (χ4n) is 1.34. The smallest absolute Gasteiger partial charge is 0.285 e. The van der Waals surface area contributed by atoms with Crippen molar-refractivity contribution in [3.05, 3.63) is 39.7 Å². The van der Waals surface area contributed by atoms with Crippen molar-refractivity contribution in [2.24, 2.45) is 0 Å². The maximum Gasteiger partial charge on any atom is 0.285 e. The average molecular weight is 291 g/mol. The number of carbonyl (C=O) groups is 1. The fraction of sp³-hybridized carbons (Fsp3) is 0.364. The number of carbonyl (C=O) groups excluding carboxylic acids is 1. The molecule has 0 heterocycles. The van der Waals surface area contributed by atoms with E-state index in [4.69, 9.17) is 16.3 Å². The van der Waals surface area contributed by atoms with Gasteiger partial charge in [-0.05, 0) is 12.1 Å². The van der Waals surface area contributed by atoms with Gasteiger partial charge in [-0.1, -0.05) is 0 Å². The molecule has 0 aromatic heterocycles. The molecule has 1 amide bonds. The molecule has 0 fully saturated rings. The molecule has 0 unspecified atom stereocenters. The Morgan fingerprint density at radius 2 is 2.21 bits per heavy atom. The Kier molecular flexibility index (Phi) is 6.17. The van der Waals surface area contributed by atoms with E-state index in [-0.39, 0.29) is 18.7 Å². The van der Waals surface area contributed by atoms with Crippen LogP contribution >= 0.6 is 11.6 Å². The molecule has 0 aliphatic heterocycles. The van der Waals surface area contributed by atoms with Gasteiger partial charge in [-0.3, -0.25) is 14.9 Å². The number of halogens is 2. The maximum atomic E-state index is 12.9. The molecule has 6 nitrogen and oxygen atoms in total. The summed E-state index contributed by atoms with van der Waals surface area (Å²) in [5.41, 5.74) is -0.761. The summed E-state index contributed by atoms with van der Waals surface area (Å²) in [4.78, 5) is 21.6. The molecule has 0 bridgehead atoms. The quantitative estimate of drug-likeness (QED) is 0.359. The van der Waals surface area contributed by atoms with Crippen molar-refractivity contribution in [3.63, 3.8) is 0 Å². The van der Waals surface area contributed by atoms with Crippen molar-refractivity contribution in [2.75, 3.05) is 25.6 Å². The molecule has 0 aliphatic rings. The zero-order valence-corrected chi connectivity index (χ0v) is 10.7. The van der Waals surface area contributed by atoms with Gasteiger partial charge in [0.05, 0.1) is 24.2 Å². The minimum atomic E-state index is -0.804. The van der Waals surface area contributed by atoms with Crippen LogP contribution in [-0.4, -0.2) is 36.5 Å². The third kappa shape index (κ3) is 4.80. The Hall–Kier alpha value is -1.73. The highest BCUT2D eigenvalue weighted by Gasteiger charge is 2.20. The molecule has 8 heteroatoms. The summed E-state index contributed by atoms with van der Waals surface area (Å²) < 4.78 is 17.9. The van der Waals surface area contributed by atoms with E-state index in [1.807, 2.05) is 0 Å². The molecule has 1 N–H and O–H groups in total. The van der Waals surface area contributed by atoms with E-state index < -0.39 is 22.3 Å². The molecule has 1 rings (SSSR count). The number of ether oxygens (including phenoxy) is 1. The zero-order chi connectivity index (χ0) is 14.3. The van der Waals surface area contributed by atoms with Gasteiger partial charge < -0.3 is 10.1 Å². The Morgan fingerprint density at radius 1 is 1.47 bits per heavy atom. The minimum Gasteiger partial charge on any atom is -0.378 e. The summed E-state index contributed by atoms with van der Waals surface area (Å²) in [6.07, 6.45) is 0. The number of hydrogen-bond acceptors (Lipinski definition) is 4. The molecule has 104 valence electrons. The van der Waals surface area contributed by atoms with Crippen LogP contribution in [0.15, 0.2) is 18.2 Å². The first kappa shape index (κ1) is 15.3. The van der Waals surface area contributed by atoms with Crippen molar-refractivity contribution in [3.8, 4) is 0 Å². The SMILES string of the molecule is O=C(NCCOCCCl)c1ccc(F)cc1[N+](=O)[O-]. The van der Waals surface area contributed by atoms with Gasteiger partial charge in [-0.2, -0.15) is 0 Å². The highest BCUT2D eigenvalue weighted by atomic mass is 35.5. The first-order valence-electron chi connectivity index (χ1n) is 5.42. The van der Waals surface area contributed by atoms with Gasteiger partial charge in [0.1, 0.15) is 11.4 Å². The number of alkyl halides is 1. The number of nitro groups is 1. The molecule has 0 radical (unpaired) electrons. The zero-order valence-electron chi connectivity index (χ0n) is 9.90. The van der Waals surface area contributed by atoms with E-state index in [0.717, 1.165) is 12.1 Å². The van der Waals surface area contributed by atoms with Gasteiger partial charge in [0.2, 0.25) is 0 Å². The van der Waals surface area contributed by atoms with E-state index >= 15 is 0 Å². The molecule has 1 aromatic carbocycles. The highest BCUT2D eigenvalue weighted by molar-refractivity contribution is 6.17. The first-order chi connectivity index (χ1) is 9.06. The molecule has 0 aliphatic carbocycles. The summed E-state index contributed by atoms with van der Waals surface area (Å²) in [5, 5.41) is 13.2. The van der Waals surface area contributed by atoms with Gasteiger partial charge >= 0.3 is 0 Å². The second-order valence-corrected chi connectivity index (χ2v) is 3.85. The number of amides is 1. The van der Waals surface area contributed by atoms with Crippen LogP contribution in [0.25, 0.3) is 0 Å². The Labute approximate surface area is 113 Å². The van der Waals surface area contributed by atoms with Gasteiger partial charge in [-0.25, -0.2) is 4.39 Å². The summed E-state index contributed by atoms with van der Waals surface area (Å²) in [6.45, 7) is 0.784. The van der Waals surface area contributed by atoms with Gasteiger partial charge in [0.25, 0.3) is 11.6 Å². The molecule has 1 aromatic rings. The number of benzene rings is 1. The van der Waals surface area contributed by atoms with E-state index in [9.17, 15) is 19.3 Å². The Morgan fingerprint density at radius 3 is 2.84 bits per heavy atom. The number of nitrogens with one attached hydrogen (secondary N) is 1. The molecular formula is C11H12ClFN2O4. The van der Waals surface area contributed by atoms with E-state index in [1.165, 1.54) is 0 Å². The van der Waals surface area contributed by atoms with Crippen LogP contribution in [-0.2, 0) is 4.74 Å². The van der Waals surface area contributed by atoms with Crippen molar-refractivity contribution >= 4 is 23.2 Å². The normalized spacial score (nSPS) is 10.2. The second kappa shape index (κ2) is 7.65. The molecule has 0 spiro atoms. The monoisotopic (exact) mass is 290 g/mol. The molecule has 0 saturated heterocycles. The lowest BCUT2D eigenvalue weighted by molar-refractivity contribution is -0.385. The molecular weight excluding hydrogens is 279 g/mol. The van der Waals surface area contributed by atoms with Crippen molar-refractivity contribution in [2.45, 2.75) is 0 Å². The van der Waals surface area contributed by atoms with Crippen LogP contribution < -0.4 is 5.32 Å². The molecule has 19 heavy (non-hydrogen) atoms. The third-order valence-corrected chi connectivity index (χ3v) is 2.31. The molecule has 0 atom stereocenters. The standard InChI is InChI=1S/C11H12ClFN2O4/c12-3-5-19-6-4-14-11(16)9-2-1-8(13)7-10(9)15(17)18/h1-2,7H,3-6H2,(H,14,16). The van der Waals surface area contributed by atoms with E-state index in [2.05, 4.69) is 5.32 Å². The Bertz CT molecular complexity index is 470. The van der Waals surface area contributed by atoms with Crippen molar-refractivity contribution < 1.29 is 18.8 Å². The summed E-state index contributed by atoms with van der Waals surface area (Å²) in [6, 6.07) is 2.77. The largest absolute Gasteiger partial charge is 0.378 e. The number of nitrogens with zero attached hydrogens (tertiary/aromatic N) is 1. The fourth-order valence-corrected chi connectivity index (χ4v) is 1.45. The van der Waals surface area contributed by atoms with Gasteiger partial charge in [0.15, 0.2) is 0 Å². The first-order valence-corrected chi connectivity index (χ1v) is 5.95. The summed E-state index contributed by atoms with van der Waals surface area (Å²) >= 11 is 5.39. The molecule has 0 saturated carbocycles. The maximum absolute atomic E-state index is 12.9. The van der Waals surface area contributed by atoms with Gasteiger partial charge in [-0.15, -0.1) is 11.6 Å². The van der Waals surface area contributed by atoms with Crippen LogP contribution in [0.3, 0.4) is 0 Å². The second-order valence-electron chi connectivity index (χ2n) is 3.48. The lowest BCUT2D eigenvalue weighted by atomic mass is 10.1. The van der Waals surface area contributed by atoms with E-state index in [1.54, 1.807) is 0 Å². The summed E-state index contributed by atoms with van der Waals surface area (Å²) in [7, 11) is 0. The minimum absolute atomic E-state index is 0.185. The number of nitro benzene ring substituents is 1. The van der Waals surface area contributed by atoms with Crippen LogP contribution in [0, 0.1) is 15.9 Å². The van der Waals surface area contributed by atoms with Crippen LogP contribution in [0.2, 0.25) is 0 Å². The van der Waals surface area contributed by atoms with Crippen molar-refractivity contribution in [1.29, 1.82) is 0 Å². The third-order valence-electron chi connectivity index (χ3n) is 2.15. The number of rotatable bonds is 7. The topological polar surface area (TPSA) is 81.5 Å². The predicted molar refractivity (Wildman–Crippen MR) is 66.9 cm³/mol. The lowest BCUT2D eigenvalue weighted by Crippen LogP contribution is -2.28. The Balaban J connectivity index is 2.64. The number of hydrogen-bond donors (Lipinski definition) is 1. The van der Waals surface area contributed by atoms with Crippen LogP contribution in [0.4, 0.5) is 10.1 Å². The lowest BCUT2D eigenvalue weighted by Gasteiger charge is -2.06. The van der Waals surface area contributed by atoms with Crippen molar-refractivity contribution in [1.82, 2.24) is 5.32 Å². The highest BCUT2D eigenvalue weighted by Crippen LogP contribution is 2.19. The van der Waals surface area contributed by atoms with Gasteiger partial charge in [0, 0.05) is 12.4 Å². The van der Waals surface area contributed by atoms with Crippen LogP contribution in [0.5, 0.6) is 0 Å². The van der Waals surface area contributed by atoms with E-state index in [0.29, 0.717) is 18.6 Å². The van der Waals surface area contributed by atoms with Crippen LogP contribution in [0.1, 0.15) is 10.4 Å². The summed E-state index contributed by atoms with van der Waals surface area (Å²) in [5.74, 6) is -1.08.